The zero-order chi connectivity index (χ0) is 25.2. The molecule has 5 aliphatic carbocycles. The van der Waals surface area contributed by atoms with Gasteiger partial charge in [0.2, 0.25) is 5.28 Å². The molecular formula is C28H34ClN7S. The number of aryl methyl sites for hydroxylation is 1. The molecule has 0 aromatic carbocycles. The third kappa shape index (κ3) is 3.20. The van der Waals surface area contributed by atoms with Gasteiger partial charge in [0.25, 0.3) is 0 Å². The van der Waals surface area contributed by atoms with Crippen LogP contribution in [0, 0.1) is 23.2 Å². The van der Waals surface area contributed by atoms with Gasteiger partial charge in [-0.25, -0.2) is 24.1 Å². The monoisotopic (exact) mass is 535 g/mol. The van der Waals surface area contributed by atoms with E-state index in [1.165, 1.54) is 54.4 Å². The van der Waals surface area contributed by atoms with Gasteiger partial charge >= 0.3 is 0 Å². The van der Waals surface area contributed by atoms with Crippen LogP contribution in [0.3, 0.4) is 0 Å². The van der Waals surface area contributed by atoms with E-state index in [0.717, 1.165) is 47.9 Å². The highest BCUT2D eigenvalue weighted by Gasteiger charge is 2.61. The van der Waals surface area contributed by atoms with Crippen LogP contribution in [0.2, 0.25) is 5.28 Å². The maximum atomic E-state index is 6.17. The summed E-state index contributed by atoms with van der Waals surface area (Å²) >= 11 is 8.06. The fraction of sp³-hybridized carbons (Fsp3) is 0.679. The normalized spacial score (nSPS) is 33.0. The first-order chi connectivity index (χ1) is 17.8. The molecule has 4 aromatic rings. The molecule has 4 bridgehead atoms. The molecule has 4 heterocycles. The Bertz CT molecular complexity index is 1530. The average molecular weight is 536 g/mol. The highest BCUT2D eigenvalue weighted by Crippen LogP contribution is 2.64. The Morgan fingerprint density at radius 3 is 2.65 bits per heavy atom. The third-order valence-electron chi connectivity index (χ3n) is 10.9. The minimum absolute atomic E-state index is 0.00676. The van der Waals surface area contributed by atoms with E-state index in [-0.39, 0.29) is 11.0 Å². The van der Waals surface area contributed by atoms with Crippen LogP contribution in [0.5, 0.6) is 0 Å². The van der Waals surface area contributed by atoms with E-state index in [0.29, 0.717) is 22.5 Å². The van der Waals surface area contributed by atoms with E-state index in [4.69, 9.17) is 26.7 Å². The van der Waals surface area contributed by atoms with Gasteiger partial charge in [-0.2, -0.15) is 0 Å². The Kier molecular flexibility index (Phi) is 4.66. The second-order valence-electron chi connectivity index (χ2n) is 13.3. The topological polar surface area (TPSA) is 73.8 Å². The fourth-order valence-corrected chi connectivity index (χ4v) is 10.4. The second-order valence-corrected chi connectivity index (χ2v) is 14.8. The average Bonchev–Trinajstić information content (AvgIpc) is 3.59. The van der Waals surface area contributed by atoms with Gasteiger partial charge in [0.05, 0.1) is 10.9 Å². The summed E-state index contributed by atoms with van der Waals surface area (Å²) in [6.45, 7) is 7.20. The molecule has 0 saturated heterocycles. The molecule has 4 fully saturated rings. The molecule has 7 nitrogen and oxygen atoms in total. The van der Waals surface area contributed by atoms with Crippen LogP contribution in [0.1, 0.15) is 88.4 Å². The Morgan fingerprint density at radius 1 is 1.11 bits per heavy atom. The molecule has 4 saturated carbocycles. The SMILES string of the molecule is CCC(C)(C)[C@@H]1CCc2c(sc3ncn4nc(C56C[C@@H]7C[C@@H](C5)CC(n5cnc(Cl)n5)(C7)C6)nc4c23)C1. The van der Waals surface area contributed by atoms with Crippen LogP contribution < -0.4 is 0 Å². The molecule has 9 heteroatoms. The van der Waals surface area contributed by atoms with Crippen LogP contribution in [0.4, 0.5) is 0 Å². The number of fused-ring (bicyclic) bond motifs is 5. The predicted molar refractivity (Wildman–Crippen MR) is 145 cm³/mol. The van der Waals surface area contributed by atoms with Crippen molar-refractivity contribution in [2.75, 3.05) is 0 Å². The molecule has 9 rings (SSSR count). The standard InChI is InChI=1S/C28H34ClN7S/c1-4-26(2,3)18-5-6-19-20(8-18)37-23-21(19)22-32-24(33-35(22)14-30-23)27-9-16-7-17(10-27)12-28(11-16,13-27)36-15-31-25(29)34-36/h14-18H,4-13H2,1-3H3/t16-,17-,18+,27?,28?/m0/s1. The lowest BCUT2D eigenvalue weighted by Gasteiger charge is -2.60. The van der Waals surface area contributed by atoms with Gasteiger partial charge in [0.15, 0.2) is 11.5 Å². The van der Waals surface area contributed by atoms with E-state index in [1.54, 1.807) is 0 Å². The van der Waals surface area contributed by atoms with Gasteiger partial charge in [0, 0.05) is 10.3 Å². The van der Waals surface area contributed by atoms with Crippen molar-refractivity contribution in [3.63, 3.8) is 0 Å². The first-order valence-electron chi connectivity index (χ1n) is 14.0. The van der Waals surface area contributed by atoms with Crippen LogP contribution in [0.25, 0.3) is 15.9 Å². The Balaban J connectivity index is 1.22. The van der Waals surface area contributed by atoms with Gasteiger partial charge in [-0.1, -0.05) is 27.2 Å². The number of halogens is 1. The van der Waals surface area contributed by atoms with Crippen molar-refractivity contribution in [2.24, 2.45) is 23.2 Å². The zero-order valence-corrected chi connectivity index (χ0v) is 23.4. The third-order valence-corrected chi connectivity index (χ3v) is 12.2. The number of thiophene rings is 1. The molecule has 0 aliphatic heterocycles. The molecule has 0 spiro atoms. The van der Waals surface area contributed by atoms with Crippen molar-refractivity contribution < 1.29 is 0 Å². The number of rotatable bonds is 4. The summed E-state index contributed by atoms with van der Waals surface area (Å²) in [5, 5.41) is 11.4. The number of aromatic nitrogens is 7. The predicted octanol–water partition coefficient (Wildman–Crippen LogP) is 6.37. The largest absolute Gasteiger partial charge is 0.245 e. The Morgan fingerprint density at radius 2 is 1.92 bits per heavy atom. The van der Waals surface area contributed by atoms with E-state index < -0.39 is 0 Å². The quantitative estimate of drug-likeness (QED) is 0.303. The summed E-state index contributed by atoms with van der Waals surface area (Å²) in [4.78, 5) is 17.2. The molecule has 0 amide bonds. The van der Waals surface area contributed by atoms with E-state index in [1.807, 2.05) is 28.5 Å². The Labute approximate surface area is 226 Å². The second kappa shape index (κ2) is 7.53. The van der Waals surface area contributed by atoms with Crippen molar-refractivity contribution in [3.05, 3.63) is 34.2 Å². The molecule has 5 aliphatic rings. The van der Waals surface area contributed by atoms with Crippen LogP contribution in [0.15, 0.2) is 12.7 Å². The number of nitrogens with zero attached hydrogens (tertiary/aromatic N) is 7. The van der Waals surface area contributed by atoms with Crippen molar-refractivity contribution in [3.8, 4) is 0 Å². The van der Waals surface area contributed by atoms with Crippen molar-refractivity contribution >= 4 is 38.8 Å². The molecule has 194 valence electrons. The summed E-state index contributed by atoms with van der Waals surface area (Å²) in [7, 11) is 0. The van der Waals surface area contributed by atoms with Crippen molar-refractivity contribution in [1.29, 1.82) is 0 Å². The summed E-state index contributed by atoms with van der Waals surface area (Å²) in [6, 6.07) is 0. The summed E-state index contributed by atoms with van der Waals surface area (Å²) in [5.74, 6) is 3.12. The summed E-state index contributed by atoms with van der Waals surface area (Å²) in [6.07, 6.45) is 15.5. The van der Waals surface area contributed by atoms with Gasteiger partial charge in [-0.15, -0.1) is 21.5 Å². The lowest BCUT2D eigenvalue weighted by atomic mass is 9.46. The molecule has 4 aromatic heterocycles. The van der Waals surface area contributed by atoms with Crippen LogP contribution in [-0.2, 0) is 23.8 Å². The maximum absolute atomic E-state index is 6.17. The smallest absolute Gasteiger partial charge is 0.242 e. The lowest BCUT2D eigenvalue weighted by Crippen LogP contribution is -2.58. The first-order valence-corrected chi connectivity index (χ1v) is 15.2. The molecule has 37 heavy (non-hydrogen) atoms. The minimum atomic E-state index is -0.0160. The van der Waals surface area contributed by atoms with Gasteiger partial charge in [0.1, 0.15) is 17.5 Å². The maximum Gasteiger partial charge on any atom is 0.242 e. The molecule has 3 atom stereocenters. The molecular weight excluding hydrogens is 502 g/mol. The van der Waals surface area contributed by atoms with Crippen molar-refractivity contribution in [2.45, 2.75) is 95.9 Å². The van der Waals surface area contributed by atoms with Gasteiger partial charge in [-0.05, 0) is 98.1 Å². The minimum Gasteiger partial charge on any atom is -0.245 e. The van der Waals surface area contributed by atoms with Crippen LogP contribution >= 0.6 is 22.9 Å². The summed E-state index contributed by atoms with van der Waals surface area (Å²) < 4.78 is 4.06. The fourth-order valence-electron chi connectivity index (χ4n) is 8.97. The molecule has 0 radical (unpaired) electrons. The highest BCUT2D eigenvalue weighted by molar-refractivity contribution is 7.19. The van der Waals surface area contributed by atoms with Gasteiger partial charge in [-0.3, -0.25) is 0 Å². The zero-order valence-electron chi connectivity index (χ0n) is 21.9. The van der Waals surface area contributed by atoms with E-state index >= 15 is 0 Å². The van der Waals surface area contributed by atoms with Gasteiger partial charge < -0.3 is 0 Å². The van der Waals surface area contributed by atoms with E-state index in [9.17, 15) is 0 Å². The molecule has 0 N–H and O–H groups in total. The number of hydrogen-bond donors (Lipinski definition) is 0. The first kappa shape index (κ1) is 22.9. The van der Waals surface area contributed by atoms with Crippen LogP contribution in [-0.4, -0.2) is 34.3 Å². The van der Waals surface area contributed by atoms with E-state index in [2.05, 4.69) is 35.5 Å². The lowest BCUT2D eigenvalue weighted by molar-refractivity contribution is -0.0715. The molecule has 0 unspecified atom stereocenters. The highest BCUT2D eigenvalue weighted by atomic mass is 35.5. The number of hydrogen-bond acceptors (Lipinski definition) is 6. The Hall–Kier alpha value is -2.06. The van der Waals surface area contributed by atoms with Crippen molar-refractivity contribution in [1.82, 2.24) is 34.3 Å². The summed E-state index contributed by atoms with van der Waals surface area (Å²) in [5.41, 5.74) is 2.85.